The Bertz CT molecular complexity index is 654. The fraction of sp³-hybridized carbons (Fsp3) is 0. The standard InChI is InChI=1S/C12H7Cl2NO3S/c13-6-1-2-8(7(14)5-6)15-11(16)9-3-4-10(19-9)12(17)18/h1-5H,(H,15,16)(H,17,18). The van der Waals surface area contributed by atoms with Gasteiger partial charge in [0, 0.05) is 5.02 Å². The fourth-order valence-corrected chi connectivity index (χ4v) is 2.55. The third-order valence-electron chi connectivity index (χ3n) is 2.22. The molecule has 1 aromatic carbocycles. The minimum absolute atomic E-state index is 0.104. The van der Waals surface area contributed by atoms with Gasteiger partial charge in [0.15, 0.2) is 0 Å². The quantitative estimate of drug-likeness (QED) is 0.899. The van der Waals surface area contributed by atoms with E-state index in [0.29, 0.717) is 20.6 Å². The first-order valence-electron chi connectivity index (χ1n) is 5.07. The van der Waals surface area contributed by atoms with Crippen molar-refractivity contribution in [3.8, 4) is 0 Å². The molecule has 7 heteroatoms. The molecule has 2 rings (SSSR count). The van der Waals surface area contributed by atoms with Crippen LogP contribution in [0.5, 0.6) is 0 Å². The summed E-state index contributed by atoms with van der Waals surface area (Å²) in [5.41, 5.74) is 0.418. The Morgan fingerprint density at radius 1 is 1.11 bits per heavy atom. The van der Waals surface area contributed by atoms with E-state index in [0.717, 1.165) is 11.3 Å². The molecule has 0 aliphatic rings. The number of carboxylic acids is 1. The number of benzene rings is 1. The number of thiophene rings is 1. The van der Waals surface area contributed by atoms with Gasteiger partial charge in [0.05, 0.1) is 15.6 Å². The van der Waals surface area contributed by atoms with Gasteiger partial charge < -0.3 is 10.4 Å². The predicted octanol–water partition coefficient (Wildman–Crippen LogP) is 4.01. The van der Waals surface area contributed by atoms with E-state index in [-0.39, 0.29) is 4.88 Å². The van der Waals surface area contributed by atoms with E-state index in [2.05, 4.69) is 5.32 Å². The molecule has 1 heterocycles. The lowest BCUT2D eigenvalue weighted by atomic mass is 10.3. The Balaban J connectivity index is 2.18. The minimum Gasteiger partial charge on any atom is -0.477 e. The number of carbonyl (C=O) groups excluding carboxylic acids is 1. The monoisotopic (exact) mass is 315 g/mol. The van der Waals surface area contributed by atoms with Crippen LogP contribution in [0.1, 0.15) is 19.3 Å². The maximum absolute atomic E-state index is 11.9. The van der Waals surface area contributed by atoms with Crippen LogP contribution >= 0.6 is 34.5 Å². The average molecular weight is 316 g/mol. The maximum Gasteiger partial charge on any atom is 0.345 e. The summed E-state index contributed by atoms with van der Waals surface area (Å²) in [6.45, 7) is 0. The van der Waals surface area contributed by atoms with Crippen molar-refractivity contribution in [3.05, 3.63) is 50.1 Å². The van der Waals surface area contributed by atoms with Gasteiger partial charge in [0.25, 0.3) is 5.91 Å². The molecule has 2 aromatic rings. The molecule has 0 spiro atoms. The van der Waals surface area contributed by atoms with Gasteiger partial charge in [-0.25, -0.2) is 4.79 Å². The third-order valence-corrected chi connectivity index (χ3v) is 3.84. The van der Waals surface area contributed by atoms with Gasteiger partial charge in [0.2, 0.25) is 0 Å². The van der Waals surface area contributed by atoms with Crippen molar-refractivity contribution >= 4 is 52.1 Å². The zero-order valence-corrected chi connectivity index (χ0v) is 11.6. The normalized spacial score (nSPS) is 10.2. The van der Waals surface area contributed by atoms with Crippen molar-refractivity contribution in [2.45, 2.75) is 0 Å². The number of nitrogens with one attached hydrogen (secondary N) is 1. The molecule has 0 bridgehead atoms. The molecule has 2 N–H and O–H groups in total. The minimum atomic E-state index is -1.06. The first kappa shape index (κ1) is 13.9. The molecular formula is C12H7Cl2NO3S. The number of anilines is 1. The summed E-state index contributed by atoms with van der Waals surface area (Å²) in [6.07, 6.45) is 0. The second kappa shape index (κ2) is 5.61. The lowest BCUT2D eigenvalue weighted by Crippen LogP contribution is -2.10. The summed E-state index contributed by atoms with van der Waals surface area (Å²) < 4.78 is 0. The van der Waals surface area contributed by atoms with Crippen molar-refractivity contribution in [1.82, 2.24) is 0 Å². The molecule has 98 valence electrons. The SMILES string of the molecule is O=C(O)c1ccc(C(=O)Nc2ccc(Cl)cc2Cl)s1. The first-order valence-corrected chi connectivity index (χ1v) is 6.64. The summed E-state index contributed by atoms with van der Waals surface area (Å²) in [4.78, 5) is 23.0. The highest BCUT2D eigenvalue weighted by Gasteiger charge is 2.14. The Hall–Kier alpha value is -1.56. The highest BCUT2D eigenvalue weighted by atomic mass is 35.5. The molecule has 0 aliphatic heterocycles. The molecule has 4 nitrogen and oxygen atoms in total. The van der Waals surface area contributed by atoms with Gasteiger partial charge in [-0.1, -0.05) is 23.2 Å². The van der Waals surface area contributed by atoms with Crippen molar-refractivity contribution in [1.29, 1.82) is 0 Å². The van der Waals surface area contributed by atoms with E-state index in [9.17, 15) is 9.59 Å². The van der Waals surface area contributed by atoms with Crippen LogP contribution in [0.25, 0.3) is 0 Å². The summed E-state index contributed by atoms with van der Waals surface area (Å²) >= 11 is 12.6. The van der Waals surface area contributed by atoms with Gasteiger partial charge >= 0.3 is 5.97 Å². The van der Waals surface area contributed by atoms with Gasteiger partial charge in [-0.15, -0.1) is 11.3 Å². The lowest BCUT2D eigenvalue weighted by Gasteiger charge is -2.05. The molecule has 0 unspecified atom stereocenters. The smallest absolute Gasteiger partial charge is 0.345 e. The number of halogens is 2. The number of aromatic carboxylic acids is 1. The summed E-state index contributed by atoms with van der Waals surface area (Å²) in [6, 6.07) is 7.52. The molecule has 0 saturated carbocycles. The highest BCUT2D eigenvalue weighted by Crippen LogP contribution is 2.26. The maximum atomic E-state index is 11.9. The number of carboxylic acid groups (broad SMARTS) is 1. The van der Waals surface area contributed by atoms with Gasteiger partial charge in [-0.05, 0) is 30.3 Å². The van der Waals surface area contributed by atoms with Crippen molar-refractivity contribution < 1.29 is 14.7 Å². The zero-order chi connectivity index (χ0) is 14.0. The Labute approximate surface area is 122 Å². The van der Waals surface area contributed by atoms with E-state index in [1.807, 2.05) is 0 Å². The van der Waals surface area contributed by atoms with Crippen LogP contribution in [0.15, 0.2) is 30.3 Å². The molecule has 1 aromatic heterocycles. The predicted molar refractivity (Wildman–Crippen MR) is 75.7 cm³/mol. The van der Waals surface area contributed by atoms with E-state index in [4.69, 9.17) is 28.3 Å². The van der Waals surface area contributed by atoms with Crippen molar-refractivity contribution in [2.75, 3.05) is 5.32 Å². The van der Waals surface area contributed by atoms with Crippen LogP contribution in [-0.2, 0) is 0 Å². The summed E-state index contributed by atoms with van der Waals surface area (Å²) in [5.74, 6) is -1.48. The van der Waals surface area contributed by atoms with Crippen LogP contribution in [0, 0.1) is 0 Å². The lowest BCUT2D eigenvalue weighted by molar-refractivity contribution is 0.0702. The van der Waals surface area contributed by atoms with Gasteiger partial charge in [0.1, 0.15) is 4.88 Å². The first-order chi connectivity index (χ1) is 8.97. The zero-order valence-electron chi connectivity index (χ0n) is 9.31. The highest BCUT2D eigenvalue weighted by molar-refractivity contribution is 7.16. The number of amides is 1. The topological polar surface area (TPSA) is 66.4 Å². The van der Waals surface area contributed by atoms with Gasteiger partial charge in [-0.3, -0.25) is 4.79 Å². The Kier molecular flexibility index (Phi) is 4.09. The Morgan fingerprint density at radius 2 is 1.79 bits per heavy atom. The van der Waals surface area contributed by atoms with Crippen molar-refractivity contribution in [3.63, 3.8) is 0 Å². The average Bonchev–Trinajstić information content (AvgIpc) is 2.82. The van der Waals surface area contributed by atoms with E-state index >= 15 is 0 Å². The number of hydrogen-bond acceptors (Lipinski definition) is 3. The molecule has 0 saturated heterocycles. The van der Waals surface area contributed by atoms with Crippen LogP contribution < -0.4 is 5.32 Å². The fourth-order valence-electron chi connectivity index (χ4n) is 1.35. The molecule has 0 fully saturated rings. The molecular weight excluding hydrogens is 309 g/mol. The second-order valence-corrected chi connectivity index (χ2v) is 5.47. The molecule has 1 amide bonds. The number of hydrogen-bond donors (Lipinski definition) is 2. The number of rotatable bonds is 3. The second-order valence-electron chi connectivity index (χ2n) is 3.55. The van der Waals surface area contributed by atoms with Crippen LogP contribution in [0.2, 0.25) is 10.0 Å². The molecule has 0 radical (unpaired) electrons. The Morgan fingerprint density at radius 3 is 2.37 bits per heavy atom. The summed E-state index contributed by atoms with van der Waals surface area (Å²) in [7, 11) is 0. The number of carbonyl (C=O) groups is 2. The van der Waals surface area contributed by atoms with Crippen LogP contribution in [-0.4, -0.2) is 17.0 Å². The van der Waals surface area contributed by atoms with E-state index in [1.165, 1.54) is 18.2 Å². The van der Waals surface area contributed by atoms with Gasteiger partial charge in [-0.2, -0.15) is 0 Å². The van der Waals surface area contributed by atoms with E-state index in [1.54, 1.807) is 12.1 Å². The molecule has 0 atom stereocenters. The largest absolute Gasteiger partial charge is 0.477 e. The third kappa shape index (κ3) is 3.26. The molecule has 19 heavy (non-hydrogen) atoms. The molecule has 0 aliphatic carbocycles. The van der Waals surface area contributed by atoms with Crippen molar-refractivity contribution in [2.24, 2.45) is 0 Å². The van der Waals surface area contributed by atoms with Crippen LogP contribution in [0.4, 0.5) is 5.69 Å². The van der Waals surface area contributed by atoms with E-state index < -0.39 is 11.9 Å². The van der Waals surface area contributed by atoms with Crippen LogP contribution in [0.3, 0.4) is 0 Å². The summed E-state index contributed by atoms with van der Waals surface area (Å²) in [5, 5.41) is 12.2.